The molecule has 1 fully saturated rings. The molecule has 4 aromatic rings. The Morgan fingerprint density at radius 1 is 1.02 bits per heavy atom. The first kappa shape index (κ1) is 31.3. The number of aromatic nitrogens is 4. The molecule has 5 rings (SSSR count). The highest BCUT2D eigenvalue weighted by Gasteiger charge is 2.50. The molecule has 0 bridgehead atoms. The van der Waals surface area contributed by atoms with Gasteiger partial charge < -0.3 is 25.2 Å². The SMILES string of the molecule is COc1cc(N2CCN(C)CC2)c(C)cc1Nc1ncc(Cl)c(Nc2ccc3nccnc3c2N(C)S(=O)(=O)C(F)(F)F)n1. The van der Waals surface area contributed by atoms with E-state index in [0.717, 1.165) is 44.5 Å². The van der Waals surface area contributed by atoms with E-state index in [1.165, 1.54) is 30.7 Å². The number of sulfonamides is 1. The lowest BCUT2D eigenvalue weighted by Gasteiger charge is -2.35. The summed E-state index contributed by atoms with van der Waals surface area (Å²) in [6.07, 6.45) is 3.88. The highest BCUT2D eigenvalue weighted by molar-refractivity contribution is 7.93. The van der Waals surface area contributed by atoms with Crippen molar-refractivity contribution in [3.63, 3.8) is 0 Å². The van der Waals surface area contributed by atoms with E-state index < -0.39 is 21.2 Å². The summed E-state index contributed by atoms with van der Waals surface area (Å²) in [5.41, 5.74) is -3.31. The van der Waals surface area contributed by atoms with Crippen LogP contribution in [0, 0.1) is 6.92 Å². The molecule has 44 heavy (non-hydrogen) atoms. The van der Waals surface area contributed by atoms with Gasteiger partial charge in [0.15, 0.2) is 5.82 Å². The number of aryl methyl sites for hydroxylation is 1. The fraction of sp³-hybridized carbons (Fsp3) is 0.333. The predicted octanol–water partition coefficient (Wildman–Crippen LogP) is 4.92. The minimum Gasteiger partial charge on any atom is -0.494 e. The molecule has 234 valence electrons. The Morgan fingerprint density at radius 3 is 2.41 bits per heavy atom. The fourth-order valence-electron chi connectivity index (χ4n) is 4.81. The van der Waals surface area contributed by atoms with Gasteiger partial charge in [0.05, 0.1) is 30.2 Å². The molecule has 0 aliphatic carbocycles. The van der Waals surface area contributed by atoms with Crippen LogP contribution in [0.2, 0.25) is 5.02 Å². The van der Waals surface area contributed by atoms with Crippen LogP contribution in [-0.2, 0) is 10.0 Å². The molecule has 1 aliphatic rings. The van der Waals surface area contributed by atoms with Crippen LogP contribution in [0.3, 0.4) is 0 Å². The summed E-state index contributed by atoms with van der Waals surface area (Å²) < 4.78 is 71.2. The zero-order chi connectivity index (χ0) is 31.8. The number of hydrogen-bond acceptors (Lipinski definition) is 11. The highest BCUT2D eigenvalue weighted by atomic mass is 35.5. The molecular formula is C27H29ClF3N9O3S. The van der Waals surface area contributed by atoms with Crippen LogP contribution in [0.1, 0.15) is 5.56 Å². The van der Waals surface area contributed by atoms with Gasteiger partial charge in [0, 0.05) is 57.4 Å². The second-order valence-electron chi connectivity index (χ2n) is 10.1. The number of methoxy groups -OCH3 is 1. The maximum absolute atomic E-state index is 13.5. The van der Waals surface area contributed by atoms with Gasteiger partial charge in [-0.25, -0.2) is 4.98 Å². The molecule has 0 saturated carbocycles. The number of anilines is 6. The van der Waals surface area contributed by atoms with Crippen LogP contribution in [0.5, 0.6) is 5.75 Å². The molecule has 2 aromatic carbocycles. The van der Waals surface area contributed by atoms with Crippen molar-refractivity contribution in [1.82, 2.24) is 24.8 Å². The first-order valence-corrected chi connectivity index (χ1v) is 15.1. The van der Waals surface area contributed by atoms with Crippen molar-refractivity contribution >= 4 is 67.2 Å². The summed E-state index contributed by atoms with van der Waals surface area (Å²) in [6, 6.07) is 6.70. The molecule has 12 nitrogen and oxygen atoms in total. The quantitative estimate of drug-likeness (QED) is 0.270. The lowest BCUT2D eigenvalue weighted by molar-refractivity contribution is -0.0436. The van der Waals surface area contributed by atoms with E-state index in [1.54, 1.807) is 7.11 Å². The Bertz CT molecular complexity index is 1800. The second kappa shape index (κ2) is 12.1. The zero-order valence-electron chi connectivity index (χ0n) is 24.1. The molecule has 1 aliphatic heterocycles. The zero-order valence-corrected chi connectivity index (χ0v) is 25.7. The van der Waals surface area contributed by atoms with Crippen molar-refractivity contribution in [3.8, 4) is 5.75 Å². The smallest absolute Gasteiger partial charge is 0.494 e. The number of nitrogens with zero attached hydrogens (tertiary/aromatic N) is 7. The Hall–Kier alpha value is -4.15. The van der Waals surface area contributed by atoms with Crippen molar-refractivity contribution < 1.29 is 26.3 Å². The third-order valence-electron chi connectivity index (χ3n) is 7.19. The maximum atomic E-state index is 13.5. The van der Waals surface area contributed by atoms with Gasteiger partial charge in [0.1, 0.15) is 22.0 Å². The molecule has 0 radical (unpaired) electrons. The van der Waals surface area contributed by atoms with Gasteiger partial charge in [-0.3, -0.25) is 14.3 Å². The number of fused-ring (bicyclic) bond motifs is 1. The number of alkyl halides is 3. The monoisotopic (exact) mass is 651 g/mol. The third-order valence-corrected chi connectivity index (χ3v) is 8.95. The summed E-state index contributed by atoms with van der Waals surface area (Å²) in [7, 11) is -1.37. The van der Waals surface area contributed by atoms with Crippen molar-refractivity contribution in [2.45, 2.75) is 12.4 Å². The summed E-state index contributed by atoms with van der Waals surface area (Å²) in [5, 5.41) is 5.99. The third kappa shape index (κ3) is 6.09. The maximum Gasteiger partial charge on any atom is 0.516 e. The van der Waals surface area contributed by atoms with Crippen LogP contribution < -0.4 is 24.6 Å². The average molecular weight is 652 g/mol. The topological polar surface area (TPSA) is 129 Å². The summed E-state index contributed by atoms with van der Waals surface area (Å²) >= 11 is 6.37. The average Bonchev–Trinajstić information content (AvgIpc) is 2.98. The lowest BCUT2D eigenvalue weighted by Crippen LogP contribution is -2.44. The minimum absolute atomic E-state index is 0.00351. The van der Waals surface area contributed by atoms with Crippen molar-refractivity contribution in [1.29, 1.82) is 0 Å². The van der Waals surface area contributed by atoms with Gasteiger partial charge in [-0.1, -0.05) is 11.6 Å². The van der Waals surface area contributed by atoms with E-state index in [2.05, 4.69) is 47.4 Å². The standard InChI is InChI=1S/C27H29ClF3N9O3S/c1-16-13-20(22(43-4)14-21(16)40-11-9-38(2)10-12-40)36-26-34-15-17(28)25(37-26)35-19-6-5-18-23(33-8-7-32-18)24(19)39(3)44(41,42)27(29,30)31/h5-8,13-15H,9-12H2,1-4H3,(H2,34,35,36,37). The molecule has 1 saturated heterocycles. The summed E-state index contributed by atoms with van der Waals surface area (Å²) in [4.78, 5) is 21.4. The van der Waals surface area contributed by atoms with Crippen molar-refractivity contribution in [2.24, 2.45) is 0 Å². The van der Waals surface area contributed by atoms with Crippen LogP contribution in [0.15, 0.2) is 42.9 Å². The van der Waals surface area contributed by atoms with Gasteiger partial charge in [0.2, 0.25) is 5.95 Å². The molecule has 17 heteroatoms. The van der Waals surface area contributed by atoms with E-state index >= 15 is 0 Å². The lowest BCUT2D eigenvalue weighted by atomic mass is 10.1. The molecule has 0 atom stereocenters. The Labute approximate surface area is 256 Å². The number of benzene rings is 2. The first-order chi connectivity index (χ1) is 20.8. The second-order valence-corrected chi connectivity index (χ2v) is 12.4. The van der Waals surface area contributed by atoms with Gasteiger partial charge >= 0.3 is 15.5 Å². The Kier molecular flexibility index (Phi) is 8.59. The molecule has 2 N–H and O–H groups in total. The van der Waals surface area contributed by atoms with E-state index in [0.29, 0.717) is 11.4 Å². The van der Waals surface area contributed by atoms with Gasteiger partial charge in [-0.15, -0.1) is 0 Å². The number of nitrogens with one attached hydrogen (secondary N) is 2. The van der Waals surface area contributed by atoms with Crippen molar-refractivity contribution in [3.05, 3.63) is 53.4 Å². The highest BCUT2D eigenvalue weighted by Crippen LogP contribution is 2.40. The molecule has 2 aromatic heterocycles. The van der Waals surface area contributed by atoms with Crippen LogP contribution in [0.25, 0.3) is 11.0 Å². The van der Waals surface area contributed by atoms with Crippen LogP contribution in [-0.4, -0.2) is 86.1 Å². The molecule has 0 amide bonds. The molecular weight excluding hydrogens is 623 g/mol. The fourth-order valence-corrected chi connectivity index (χ4v) is 5.69. The Morgan fingerprint density at radius 2 is 1.73 bits per heavy atom. The van der Waals surface area contributed by atoms with Gasteiger partial charge in [-0.2, -0.15) is 26.6 Å². The summed E-state index contributed by atoms with van der Waals surface area (Å²) in [5.74, 6) is 0.642. The van der Waals surface area contributed by atoms with E-state index in [1.807, 2.05) is 19.1 Å². The number of piperazine rings is 1. The van der Waals surface area contributed by atoms with Gasteiger partial charge in [-0.05, 0) is 37.7 Å². The van der Waals surface area contributed by atoms with Crippen LogP contribution in [0.4, 0.5) is 47.7 Å². The number of hydrogen-bond donors (Lipinski definition) is 2. The van der Waals surface area contributed by atoms with Crippen molar-refractivity contribution in [2.75, 3.05) is 67.2 Å². The number of likely N-dealkylation sites (N-methyl/N-ethyl adjacent to an activating group) is 1. The van der Waals surface area contributed by atoms with Gasteiger partial charge in [0.25, 0.3) is 0 Å². The number of rotatable bonds is 8. The number of halogens is 4. The molecule has 3 heterocycles. The normalized spacial score (nSPS) is 14.5. The van der Waals surface area contributed by atoms with E-state index in [-0.39, 0.29) is 37.8 Å². The van der Waals surface area contributed by atoms with E-state index in [9.17, 15) is 21.6 Å². The minimum atomic E-state index is -5.79. The molecule has 0 spiro atoms. The predicted molar refractivity (Wildman–Crippen MR) is 164 cm³/mol. The molecule has 0 unspecified atom stereocenters. The van der Waals surface area contributed by atoms with E-state index in [4.69, 9.17) is 16.3 Å². The first-order valence-electron chi connectivity index (χ1n) is 13.3. The largest absolute Gasteiger partial charge is 0.516 e. The van der Waals surface area contributed by atoms with Crippen LogP contribution >= 0.6 is 11.6 Å². The Balaban J connectivity index is 1.49. The summed E-state index contributed by atoms with van der Waals surface area (Å²) in [6.45, 7) is 5.64. The number of ether oxygens (including phenoxy) is 1.